The molecule has 0 bridgehead atoms. The van der Waals surface area contributed by atoms with Gasteiger partial charge in [-0.1, -0.05) is 54.8 Å². The Hall–Kier alpha value is -1.36. The van der Waals surface area contributed by atoms with Gasteiger partial charge in [-0.05, 0) is 37.0 Å². The summed E-state index contributed by atoms with van der Waals surface area (Å²) in [7, 11) is 0. The van der Waals surface area contributed by atoms with Crippen LogP contribution in [0.1, 0.15) is 51.5 Å². The first-order chi connectivity index (χ1) is 11.1. The number of unbranched alkanes of at least 4 members (excludes halogenated alkanes) is 1. The van der Waals surface area contributed by atoms with Gasteiger partial charge in [-0.3, -0.25) is 9.59 Å². The molecule has 1 aromatic carbocycles. The van der Waals surface area contributed by atoms with Gasteiger partial charge in [0, 0.05) is 18.7 Å². The number of aryl methyl sites for hydroxylation is 1. The van der Waals surface area contributed by atoms with E-state index >= 15 is 0 Å². The van der Waals surface area contributed by atoms with Gasteiger partial charge in [-0.25, -0.2) is 0 Å². The van der Waals surface area contributed by atoms with Crippen molar-refractivity contribution in [2.45, 2.75) is 57.2 Å². The second-order valence-corrected chi connectivity index (χ2v) is 6.75. The molecule has 0 saturated heterocycles. The number of halogens is 1. The Morgan fingerprint density at radius 3 is 2.43 bits per heavy atom. The molecule has 2 amide bonds. The Labute approximate surface area is 147 Å². The quantitative estimate of drug-likeness (QED) is 0.599. The molecule has 5 heteroatoms. The van der Waals surface area contributed by atoms with Crippen molar-refractivity contribution in [1.82, 2.24) is 5.32 Å². The number of alkyl halides is 1. The highest BCUT2D eigenvalue weighted by Gasteiger charge is 2.13. The highest BCUT2D eigenvalue weighted by Crippen LogP contribution is 2.12. The van der Waals surface area contributed by atoms with E-state index in [9.17, 15) is 9.59 Å². The molecule has 128 valence electrons. The molecule has 0 spiro atoms. The number of hydrogen-bond acceptors (Lipinski definition) is 2. The van der Waals surface area contributed by atoms with Crippen molar-refractivity contribution in [3.63, 3.8) is 0 Å². The highest BCUT2D eigenvalue weighted by molar-refractivity contribution is 9.10. The third kappa shape index (κ3) is 8.16. The maximum atomic E-state index is 11.9. The van der Waals surface area contributed by atoms with Crippen LogP contribution < -0.4 is 10.6 Å². The van der Waals surface area contributed by atoms with Crippen LogP contribution in [0.3, 0.4) is 0 Å². The number of carbonyl (C=O) groups is 2. The zero-order chi connectivity index (χ0) is 17.1. The fourth-order valence-electron chi connectivity index (χ4n) is 2.15. The van der Waals surface area contributed by atoms with Gasteiger partial charge < -0.3 is 10.6 Å². The lowest BCUT2D eigenvalue weighted by Crippen LogP contribution is -2.33. The molecule has 23 heavy (non-hydrogen) atoms. The van der Waals surface area contributed by atoms with E-state index in [2.05, 4.69) is 33.5 Å². The number of rotatable bonds is 10. The molecular weight excluding hydrogens is 356 g/mol. The summed E-state index contributed by atoms with van der Waals surface area (Å²) in [6.07, 6.45) is 5.44. The maximum absolute atomic E-state index is 11.9. The number of hydrogen-bond donors (Lipinski definition) is 2. The van der Waals surface area contributed by atoms with Gasteiger partial charge in [0.05, 0.1) is 4.83 Å². The largest absolute Gasteiger partial charge is 0.355 e. The minimum Gasteiger partial charge on any atom is -0.355 e. The Balaban J connectivity index is 2.29. The molecule has 2 N–H and O–H groups in total. The second kappa shape index (κ2) is 11.2. The van der Waals surface area contributed by atoms with Gasteiger partial charge in [0.2, 0.25) is 11.8 Å². The van der Waals surface area contributed by atoms with Crippen LogP contribution in [0.15, 0.2) is 24.3 Å². The van der Waals surface area contributed by atoms with Crippen LogP contribution in [0.4, 0.5) is 5.69 Å². The summed E-state index contributed by atoms with van der Waals surface area (Å²) in [5.74, 6) is -0.145. The van der Waals surface area contributed by atoms with E-state index in [1.54, 1.807) is 0 Å². The number of benzene rings is 1. The van der Waals surface area contributed by atoms with Gasteiger partial charge in [0.25, 0.3) is 0 Å². The van der Waals surface area contributed by atoms with Crippen LogP contribution in [-0.4, -0.2) is 23.2 Å². The molecule has 1 unspecified atom stereocenters. The van der Waals surface area contributed by atoms with Crippen LogP contribution in [0.2, 0.25) is 0 Å². The first kappa shape index (κ1) is 19.7. The van der Waals surface area contributed by atoms with Crippen molar-refractivity contribution in [1.29, 1.82) is 0 Å². The Morgan fingerprint density at radius 2 is 1.83 bits per heavy atom. The van der Waals surface area contributed by atoms with Gasteiger partial charge in [-0.15, -0.1) is 0 Å². The first-order valence-corrected chi connectivity index (χ1v) is 9.29. The Kier molecular flexibility index (Phi) is 9.60. The average molecular weight is 383 g/mol. The van der Waals surface area contributed by atoms with Gasteiger partial charge in [0.1, 0.15) is 0 Å². The highest BCUT2D eigenvalue weighted by atomic mass is 79.9. The minimum atomic E-state index is -0.175. The van der Waals surface area contributed by atoms with Crippen molar-refractivity contribution in [2.24, 2.45) is 0 Å². The molecule has 0 aromatic heterocycles. The summed E-state index contributed by atoms with van der Waals surface area (Å²) >= 11 is 3.34. The monoisotopic (exact) mass is 382 g/mol. The lowest BCUT2D eigenvalue weighted by molar-refractivity contribution is -0.120. The van der Waals surface area contributed by atoms with Gasteiger partial charge in [0.15, 0.2) is 0 Å². The molecule has 1 rings (SSSR count). The van der Waals surface area contributed by atoms with Crippen LogP contribution in [0.5, 0.6) is 0 Å². The van der Waals surface area contributed by atoms with E-state index in [1.165, 1.54) is 18.4 Å². The topological polar surface area (TPSA) is 58.2 Å². The smallest absolute Gasteiger partial charge is 0.233 e. The Bertz CT molecular complexity index is 488. The third-order valence-electron chi connectivity index (χ3n) is 3.53. The summed E-state index contributed by atoms with van der Waals surface area (Å²) in [5.41, 5.74) is 2.09. The molecule has 0 fully saturated rings. The molecule has 0 heterocycles. The number of anilines is 1. The number of nitrogens with one attached hydrogen (secondary N) is 2. The molecule has 0 radical (unpaired) electrons. The Morgan fingerprint density at radius 1 is 1.13 bits per heavy atom. The van der Waals surface area contributed by atoms with Gasteiger partial charge >= 0.3 is 0 Å². The SMILES string of the molecule is CCCCc1ccc(NC(=O)CCNC(=O)C(Br)CCC)cc1. The van der Waals surface area contributed by atoms with E-state index in [4.69, 9.17) is 0 Å². The number of carbonyl (C=O) groups excluding carboxylic acids is 2. The van der Waals surface area contributed by atoms with Crippen LogP contribution in [0.25, 0.3) is 0 Å². The van der Waals surface area contributed by atoms with E-state index < -0.39 is 0 Å². The van der Waals surface area contributed by atoms with E-state index in [-0.39, 0.29) is 23.1 Å². The molecular formula is C18H27BrN2O2. The fraction of sp³-hybridized carbons (Fsp3) is 0.556. The fourth-order valence-corrected chi connectivity index (χ4v) is 2.77. The summed E-state index contributed by atoms with van der Waals surface area (Å²) < 4.78 is 0. The summed E-state index contributed by atoms with van der Waals surface area (Å²) in [4.78, 5) is 23.4. The van der Waals surface area contributed by atoms with Crippen molar-refractivity contribution in [3.8, 4) is 0 Å². The van der Waals surface area contributed by atoms with Crippen LogP contribution in [0, 0.1) is 0 Å². The van der Waals surface area contributed by atoms with E-state index in [0.29, 0.717) is 6.54 Å². The normalized spacial score (nSPS) is 11.8. The van der Waals surface area contributed by atoms with Crippen molar-refractivity contribution >= 4 is 33.4 Å². The van der Waals surface area contributed by atoms with Crippen molar-refractivity contribution < 1.29 is 9.59 Å². The van der Waals surface area contributed by atoms with Gasteiger partial charge in [-0.2, -0.15) is 0 Å². The van der Waals surface area contributed by atoms with Crippen LogP contribution >= 0.6 is 15.9 Å². The standard InChI is InChI=1S/C18H27BrN2O2/c1-3-5-7-14-8-10-15(11-9-14)21-17(22)12-13-20-18(23)16(19)6-4-2/h8-11,16H,3-7,12-13H2,1-2H3,(H,20,23)(H,21,22). The lowest BCUT2D eigenvalue weighted by Gasteiger charge is -2.10. The predicted octanol–water partition coefficient (Wildman–Crippen LogP) is 4.04. The lowest BCUT2D eigenvalue weighted by atomic mass is 10.1. The molecule has 1 atom stereocenters. The van der Waals surface area contributed by atoms with E-state index in [0.717, 1.165) is 24.9 Å². The molecule has 0 aliphatic carbocycles. The zero-order valence-corrected chi connectivity index (χ0v) is 15.6. The second-order valence-electron chi connectivity index (χ2n) is 5.65. The predicted molar refractivity (Wildman–Crippen MR) is 98.9 cm³/mol. The molecule has 0 aliphatic rings. The number of amides is 2. The zero-order valence-electron chi connectivity index (χ0n) is 14.0. The van der Waals surface area contributed by atoms with E-state index in [1.807, 2.05) is 31.2 Å². The molecule has 1 aromatic rings. The van der Waals surface area contributed by atoms with Crippen molar-refractivity contribution in [2.75, 3.05) is 11.9 Å². The summed E-state index contributed by atoms with van der Waals surface area (Å²) in [6, 6.07) is 7.95. The summed E-state index contributed by atoms with van der Waals surface area (Å²) in [5, 5.41) is 5.62. The molecule has 0 aliphatic heterocycles. The minimum absolute atomic E-state index is 0.0556. The molecule has 4 nitrogen and oxygen atoms in total. The first-order valence-electron chi connectivity index (χ1n) is 8.37. The van der Waals surface area contributed by atoms with Crippen molar-refractivity contribution in [3.05, 3.63) is 29.8 Å². The summed E-state index contributed by atoms with van der Waals surface area (Å²) in [6.45, 7) is 4.56. The third-order valence-corrected chi connectivity index (χ3v) is 4.41. The van der Waals surface area contributed by atoms with Crippen LogP contribution in [-0.2, 0) is 16.0 Å². The average Bonchev–Trinajstić information content (AvgIpc) is 2.54. The molecule has 0 saturated carbocycles. The maximum Gasteiger partial charge on any atom is 0.233 e.